The molecular weight excluding hydrogens is 276 g/mol. The van der Waals surface area contributed by atoms with Crippen LogP contribution in [0, 0.1) is 6.92 Å². The minimum absolute atomic E-state index is 0.0607. The van der Waals surface area contributed by atoms with Gasteiger partial charge in [-0.2, -0.15) is 0 Å². The van der Waals surface area contributed by atoms with Crippen LogP contribution in [0.3, 0.4) is 0 Å². The lowest BCUT2D eigenvalue weighted by Gasteiger charge is -2.03. The van der Waals surface area contributed by atoms with Gasteiger partial charge in [-0.25, -0.2) is 23.1 Å². The number of anilines is 1. The van der Waals surface area contributed by atoms with E-state index in [1.165, 1.54) is 0 Å². The molecule has 0 saturated heterocycles. The van der Waals surface area contributed by atoms with E-state index in [4.69, 9.17) is 5.73 Å². The Kier molecular flexibility index (Phi) is 3.50. The number of aryl methyl sites for hydroxylation is 1. The molecule has 0 atom stereocenters. The van der Waals surface area contributed by atoms with E-state index in [1.54, 1.807) is 19.2 Å². The quantitative estimate of drug-likeness (QED) is 0.790. The Labute approximate surface area is 107 Å². The lowest BCUT2D eigenvalue weighted by molar-refractivity contribution is 0.578. The summed E-state index contributed by atoms with van der Waals surface area (Å²) in [6, 6.07) is 1.63. The maximum absolute atomic E-state index is 11.8. The second kappa shape index (κ2) is 4.92. The minimum atomic E-state index is -3.70. The highest BCUT2D eigenvalue weighted by molar-refractivity contribution is 7.91. The van der Waals surface area contributed by atoms with Gasteiger partial charge in [0.05, 0.1) is 12.2 Å². The summed E-state index contributed by atoms with van der Waals surface area (Å²) in [7, 11) is -3.70. The third-order valence-electron chi connectivity index (χ3n) is 1.93. The standard InChI is InChI=1S/C8H10N6O2S2/c1-5-10-3-2-6(12-5)4-11-18(15,16)8-14-13-7(9)17-8/h2-3,11H,4H2,1H3,(H2,9,13). The van der Waals surface area contributed by atoms with Crippen LogP contribution in [0.2, 0.25) is 0 Å². The lowest BCUT2D eigenvalue weighted by atomic mass is 10.4. The highest BCUT2D eigenvalue weighted by Crippen LogP contribution is 2.16. The van der Waals surface area contributed by atoms with Crippen LogP contribution in [0.5, 0.6) is 0 Å². The first-order valence-corrected chi connectivity index (χ1v) is 7.14. The van der Waals surface area contributed by atoms with Crippen molar-refractivity contribution >= 4 is 26.5 Å². The van der Waals surface area contributed by atoms with E-state index in [-0.39, 0.29) is 16.0 Å². The van der Waals surface area contributed by atoms with Crippen molar-refractivity contribution in [3.8, 4) is 0 Å². The predicted octanol–water partition coefficient (Wildman–Crippen LogP) is -0.303. The van der Waals surface area contributed by atoms with Gasteiger partial charge in [-0.15, -0.1) is 10.2 Å². The minimum Gasteiger partial charge on any atom is -0.374 e. The number of nitrogens with zero attached hydrogens (tertiary/aromatic N) is 4. The van der Waals surface area contributed by atoms with E-state index in [0.29, 0.717) is 11.5 Å². The van der Waals surface area contributed by atoms with Crippen LogP contribution >= 0.6 is 11.3 Å². The van der Waals surface area contributed by atoms with E-state index < -0.39 is 10.0 Å². The first-order chi connectivity index (χ1) is 8.47. The van der Waals surface area contributed by atoms with Crippen LogP contribution < -0.4 is 10.5 Å². The molecule has 96 valence electrons. The number of rotatable bonds is 4. The molecule has 3 N–H and O–H groups in total. The molecule has 0 aliphatic carbocycles. The third kappa shape index (κ3) is 2.97. The third-order valence-corrected chi connectivity index (χ3v) is 4.45. The van der Waals surface area contributed by atoms with Crippen molar-refractivity contribution in [2.45, 2.75) is 17.8 Å². The zero-order valence-electron chi connectivity index (χ0n) is 9.36. The van der Waals surface area contributed by atoms with Crippen LogP contribution in [0.25, 0.3) is 0 Å². The molecule has 10 heteroatoms. The summed E-state index contributed by atoms with van der Waals surface area (Å²) in [5.74, 6) is 0.576. The van der Waals surface area contributed by atoms with E-state index in [2.05, 4.69) is 24.9 Å². The van der Waals surface area contributed by atoms with Crippen LogP contribution in [0.4, 0.5) is 5.13 Å². The number of hydrogen-bond donors (Lipinski definition) is 2. The van der Waals surface area contributed by atoms with Gasteiger partial charge in [0.2, 0.25) is 9.47 Å². The molecule has 0 aliphatic heterocycles. The Hall–Kier alpha value is -1.65. The molecule has 2 rings (SSSR count). The Morgan fingerprint density at radius 2 is 2.22 bits per heavy atom. The van der Waals surface area contributed by atoms with Crippen LogP contribution in [-0.4, -0.2) is 28.6 Å². The molecular formula is C8H10N6O2S2. The van der Waals surface area contributed by atoms with E-state index in [0.717, 1.165) is 11.3 Å². The van der Waals surface area contributed by atoms with E-state index in [9.17, 15) is 8.42 Å². The van der Waals surface area contributed by atoms with Gasteiger partial charge in [0, 0.05) is 6.20 Å². The highest BCUT2D eigenvalue weighted by atomic mass is 32.2. The largest absolute Gasteiger partial charge is 0.374 e. The smallest absolute Gasteiger partial charge is 0.270 e. The Morgan fingerprint density at radius 1 is 1.44 bits per heavy atom. The van der Waals surface area contributed by atoms with Gasteiger partial charge in [0.15, 0.2) is 0 Å². The molecule has 0 unspecified atom stereocenters. The van der Waals surface area contributed by atoms with Gasteiger partial charge < -0.3 is 5.73 Å². The molecule has 0 aromatic carbocycles. The van der Waals surface area contributed by atoms with Crippen molar-refractivity contribution in [1.82, 2.24) is 24.9 Å². The molecule has 2 heterocycles. The Balaban J connectivity index is 2.10. The fourth-order valence-corrected chi connectivity index (χ4v) is 2.99. The van der Waals surface area contributed by atoms with Crippen LogP contribution in [-0.2, 0) is 16.6 Å². The van der Waals surface area contributed by atoms with Gasteiger partial charge in [-0.05, 0) is 13.0 Å². The van der Waals surface area contributed by atoms with Crippen LogP contribution in [0.1, 0.15) is 11.5 Å². The van der Waals surface area contributed by atoms with Crippen molar-refractivity contribution in [3.05, 3.63) is 23.8 Å². The second-order valence-corrected chi connectivity index (χ2v) is 6.28. The summed E-state index contributed by atoms with van der Waals surface area (Å²) >= 11 is 0.805. The second-order valence-electron chi connectivity index (χ2n) is 3.33. The number of nitrogen functional groups attached to an aromatic ring is 1. The summed E-state index contributed by atoms with van der Waals surface area (Å²) in [5, 5.41) is 7.04. The van der Waals surface area contributed by atoms with Crippen LogP contribution in [0.15, 0.2) is 16.6 Å². The monoisotopic (exact) mass is 286 g/mol. The molecule has 0 radical (unpaired) electrons. The molecule has 8 nitrogen and oxygen atoms in total. The topological polar surface area (TPSA) is 124 Å². The normalized spacial score (nSPS) is 11.6. The fraction of sp³-hybridized carbons (Fsp3) is 0.250. The first-order valence-electron chi connectivity index (χ1n) is 4.84. The summed E-state index contributed by atoms with van der Waals surface area (Å²) in [6.07, 6.45) is 1.56. The van der Waals surface area contributed by atoms with Gasteiger partial charge in [0.1, 0.15) is 5.82 Å². The summed E-state index contributed by atoms with van der Waals surface area (Å²) in [6.45, 7) is 1.79. The summed E-state index contributed by atoms with van der Waals surface area (Å²) in [4.78, 5) is 8.00. The molecule has 0 amide bonds. The number of nitrogens with one attached hydrogen (secondary N) is 1. The molecule has 0 saturated carbocycles. The molecule has 2 aromatic rings. The Morgan fingerprint density at radius 3 is 2.83 bits per heavy atom. The molecule has 2 aromatic heterocycles. The van der Waals surface area contributed by atoms with Gasteiger partial charge in [-0.1, -0.05) is 11.3 Å². The molecule has 0 spiro atoms. The molecule has 0 aliphatic rings. The molecule has 0 fully saturated rings. The van der Waals surface area contributed by atoms with Gasteiger partial charge in [0.25, 0.3) is 10.0 Å². The number of hydrogen-bond acceptors (Lipinski definition) is 8. The van der Waals surface area contributed by atoms with Crippen molar-refractivity contribution in [2.24, 2.45) is 0 Å². The SMILES string of the molecule is Cc1nccc(CNS(=O)(=O)c2nnc(N)s2)n1. The van der Waals surface area contributed by atoms with Crippen molar-refractivity contribution in [3.63, 3.8) is 0 Å². The lowest BCUT2D eigenvalue weighted by Crippen LogP contribution is -2.23. The summed E-state index contributed by atoms with van der Waals surface area (Å²) in [5.41, 5.74) is 5.91. The maximum Gasteiger partial charge on any atom is 0.270 e. The number of sulfonamides is 1. The fourth-order valence-electron chi connectivity index (χ4n) is 1.16. The zero-order chi connectivity index (χ0) is 13.2. The zero-order valence-corrected chi connectivity index (χ0v) is 11.0. The average molecular weight is 286 g/mol. The Bertz CT molecular complexity index is 653. The predicted molar refractivity (Wildman–Crippen MR) is 65.1 cm³/mol. The first kappa shape index (κ1) is 12.8. The summed E-state index contributed by atoms with van der Waals surface area (Å²) < 4.78 is 25.8. The van der Waals surface area contributed by atoms with Gasteiger partial charge in [-0.3, -0.25) is 0 Å². The van der Waals surface area contributed by atoms with Crippen molar-refractivity contribution < 1.29 is 8.42 Å². The molecule has 18 heavy (non-hydrogen) atoms. The number of aromatic nitrogens is 4. The maximum atomic E-state index is 11.8. The number of nitrogens with two attached hydrogens (primary N) is 1. The van der Waals surface area contributed by atoms with Gasteiger partial charge >= 0.3 is 0 Å². The van der Waals surface area contributed by atoms with Crippen molar-refractivity contribution in [2.75, 3.05) is 5.73 Å². The average Bonchev–Trinajstić information content (AvgIpc) is 2.74. The highest BCUT2D eigenvalue weighted by Gasteiger charge is 2.19. The van der Waals surface area contributed by atoms with E-state index in [1.807, 2.05) is 0 Å². The van der Waals surface area contributed by atoms with E-state index >= 15 is 0 Å². The van der Waals surface area contributed by atoms with Crippen molar-refractivity contribution in [1.29, 1.82) is 0 Å². The molecule has 0 bridgehead atoms.